The Hall–Kier alpha value is 0.0200. The van der Waals surface area contributed by atoms with E-state index in [9.17, 15) is 4.79 Å². The molecular formula is C15H16BrIO3. The molecule has 0 aromatic heterocycles. The lowest BCUT2D eigenvalue weighted by molar-refractivity contribution is -0.132. The molecule has 1 aromatic rings. The van der Waals surface area contributed by atoms with Crippen molar-refractivity contribution in [3.63, 3.8) is 0 Å². The van der Waals surface area contributed by atoms with Crippen molar-refractivity contribution in [3.8, 4) is 0 Å². The Morgan fingerprint density at radius 1 is 1.25 bits per heavy atom. The van der Waals surface area contributed by atoms with E-state index in [0.29, 0.717) is 0 Å². The summed E-state index contributed by atoms with van der Waals surface area (Å²) >= 11 is 5.76. The van der Waals surface area contributed by atoms with Gasteiger partial charge in [0.2, 0.25) is 5.78 Å². The van der Waals surface area contributed by atoms with E-state index >= 15 is 0 Å². The molecule has 5 heteroatoms. The number of carbonyl (C=O) groups excluding carboxylic acids is 1. The van der Waals surface area contributed by atoms with Crippen LogP contribution in [0.15, 0.2) is 22.7 Å². The highest BCUT2D eigenvalue weighted by Gasteiger charge is 2.79. The van der Waals surface area contributed by atoms with Gasteiger partial charge < -0.3 is 9.47 Å². The van der Waals surface area contributed by atoms with Crippen molar-refractivity contribution in [1.82, 2.24) is 0 Å². The molecule has 2 unspecified atom stereocenters. The van der Waals surface area contributed by atoms with Crippen molar-refractivity contribution >= 4 is 44.3 Å². The van der Waals surface area contributed by atoms with E-state index in [1.54, 1.807) is 0 Å². The van der Waals surface area contributed by atoms with Gasteiger partial charge in [0.1, 0.15) is 17.3 Å². The first-order valence-corrected chi connectivity index (χ1v) is 8.37. The number of ketones is 1. The van der Waals surface area contributed by atoms with Crippen LogP contribution in [0.3, 0.4) is 0 Å². The number of carbonyl (C=O) groups is 1. The number of epoxide rings is 1. The van der Waals surface area contributed by atoms with E-state index in [1.165, 1.54) is 0 Å². The smallest absolute Gasteiger partial charge is 0.201 e. The summed E-state index contributed by atoms with van der Waals surface area (Å²) in [4.78, 5) is 12.7. The molecule has 2 saturated heterocycles. The fourth-order valence-electron chi connectivity index (χ4n) is 3.26. The fourth-order valence-corrected chi connectivity index (χ4v) is 4.26. The maximum absolute atomic E-state index is 12.7. The molecule has 0 aliphatic carbocycles. The van der Waals surface area contributed by atoms with Crippen LogP contribution in [0.2, 0.25) is 0 Å². The molecule has 1 spiro atoms. The molecule has 0 saturated carbocycles. The Morgan fingerprint density at radius 3 is 2.45 bits per heavy atom. The minimum absolute atomic E-state index is 0.0378. The highest BCUT2D eigenvalue weighted by Crippen LogP contribution is 2.64. The van der Waals surface area contributed by atoms with Crippen LogP contribution in [0.25, 0.3) is 0 Å². The molecule has 2 fully saturated rings. The maximum atomic E-state index is 12.7. The second-order valence-corrected chi connectivity index (χ2v) is 8.43. The van der Waals surface area contributed by atoms with Crippen LogP contribution in [0.4, 0.5) is 0 Å². The number of ether oxygens (including phenoxy) is 2. The summed E-state index contributed by atoms with van der Waals surface area (Å²) in [5.74, 6) is 0.0378. The highest BCUT2D eigenvalue weighted by atomic mass is 127. The molecule has 0 bridgehead atoms. The van der Waals surface area contributed by atoms with E-state index < -0.39 is 16.8 Å². The average Bonchev–Trinajstić information content (AvgIpc) is 3.04. The lowest BCUT2D eigenvalue weighted by atomic mass is 9.81. The Morgan fingerprint density at radius 2 is 1.90 bits per heavy atom. The summed E-state index contributed by atoms with van der Waals surface area (Å²) in [7, 11) is 0. The van der Waals surface area contributed by atoms with Crippen LogP contribution >= 0.6 is 38.5 Å². The zero-order chi connectivity index (χ0) is 14.9. The second kappa shape index (κ2) is 4.27. The molecule has 0 radical (unpaired) electrons. The topological polar surface area (TPSA) is 38.8 Å². The first-order valence-electron chi connectivity index (χ1n) is 6.50. The van der Waals surface area contributed by atoms with Gasteiger partial charge >= 0.3 is 0 Å². The summed E-state index contributed by atoms with van der Waals surface area (Å²) < 4.78 is 14.0. The summed E-state index contributed by atoms with van der Waals surface area (Å²) in [6.07, 6.45) is -0.226. The van der Waals surface area contributed by atoms with Gasteiger partial charge in [-0.15, -0.1) is 0 Å². The number of benzene rings is 1. The molecule has 1 aromatic carbocycles. The van der Waals surface area contributed by atoms with Gasteiger partial charge in [0, 0.05) is 8.04 Å². The third-order valence-corrected chi connectivity index (χ3v) is 5.62. The molecule has 2 aliphatic heterocycles. The number of rotatable bonds is 1. The number of Topliss-reactive ketones (excluding diaryl/α,β-unsaturated/α-hetero) is 1. The highest BCUT2D eigenvalue weighted by molar-refractivity contribution is 14.1. The van der Waals surface area contributed by atoms with E-state index in [0.717, 1.165) is 13.6 Å². The molecular weight excluding hydrogens is 435 g/mol. The molecule has 0 amide bonds. The lowest BCUT2D eigenvalue weighted by Gasteiger charge is -2.23. The minimum atomic E-state index is -0.850. The Balaban J connectivity index is 2.06. The molecule has 2 atom stereocenters. The van der Waals surface area contributed by atoms with E-state index in [4.69, 9.17) is 9.47 Å². The van der Waals surface area contributed by atoms with Gasteiger partial charge in [0.15, 0.2) is 5.60 Å². The van der Waals surface area contributed by atoms with Crippen LogP contribution in [-0.4, -0.2) is 22.6 Å². The lowest BCUT2D eigenvalue weighted by Crippen LogP contribution is -2.41. The Labute approximate surface area is 140 Å². The van der Waals surface area contributed by atoms with Crippen LogP contribution < -0.4 is 0 Å². The summed E-state index contributed by atoms with van der Waals surface area (Å²) in [5, 5.41) is 0. The van der Waals surface area contributed by atoms with E-state index in [1.807, 2.05) is 45.9 Å². The van der Waals surface area contributed by atoms with Crippen molar-refractivity contribution in [3.05, 3.63) is 31.8 Å². The monoisotopic (exact) mass is 450 g/mol. The maximum Gasteiger partial charge on any atom is 0.201 e. The van der Waals surface area contributed by atoms with Crippen LogP contribution in [-0.2, 0) is 14.3 Å². The molecule has 3 nitrogen and oxygen atoms in total. The van der Waals surface area contributed by atoms with Gasteiger partial charge in [-0.05, 0) is 74.0 Å². The number of hydrogen-bond acceptors (Lipinski definition) is 3. The average molecular weight is 451 g/mol. The van der Waals surface area contributed by atoms with Crippen molar-refractivity contribution in [2.24, 2.45) is 0 Å². The van der Waals surface area contributed by atoms with Gasteiger partial charge in [-0.2, -0.15) is 0 Å². The van der Waals surface area contributed by atoms with Gasteiger partial charge in [-0.1, -0.05) is 15.9 Å². The fraction of sp³-hybridized carbons (Fsp3) is 0.533. The molecule has 108 valence electrons. The Bertz CT molecular complexity index is 611. The standard InChI is InChI=1S/C15H16BrIO3/c1-13(2)12(18)15(14(3,4)20-13)11(19-15)9-7-8(16)5-6-10(9)17/h5-7,11H,1-4H3. The molecule has 0 N–H and O–H groups in total. The second-order valence-electron chi connectivity index (χ2n) is 6.35. The summed E-state index contributed by atoms with van der Waals surface area (Å²) in [6.45, 7) is 7.50. The predicted molar refractivity (Wildman–Crippen MR) is 87.7 cm³/mol. The summed E-state index contributed by atoms with van der Waals surface area (Å²) in [5.41, 5.74) is -1.22. The van der Waals surface area contributed by atoms with E-state index in [2.05, 4.69) is 38.5 Å². The quantitative estimate of drug-likeness (QED) is 0.479. The van der Waals surface area contributed by atoms with Crippen molar-refractivity contribution in [2.45, 2.75) is 50.6 Å². The van der Waals surface area contributed by atoms with E-state index in [-0.39, 0.29) is 11.9 Å². The predicted octanol–water partition coefficient (Wildman–Crippen LogP) is 4.02. The van der Waals surface area contributed by atoms with Gasteiger partial charge in [0.05, 0.1) is 0 Å². The number of hydrogen-bond donors (Lipinski definition) is 0. The van der Waals surface area contributed by atoms with Crippen molar-refractivity contribution < 1.29 is 14.3 Å². The molecule has 2 heterocycles. The molecule has 3 rings (SSSR count). The zero-order valence-corrected chi connectivity index (χ0v) is 15.5. The third kappa shape index (κ3) is 1.86. The summed E-state index contributed by atoms with van der Waals surface area (Å²) in [6, 6.07) is 6.03. The first kappa shape index (κ1) is 14.9. The largest absolute Gasteiger partial charge is 0.358 e. The first-order chi connectivity index (χ1) is 9.12. The molecule has 2 aliphatic rings. The van der Waals surface area contributed by atoms with Crippen molar-refractivity contribution in [1.29, 1.82) is 0 Å². The zero-order valence-electron chi connectivity index (χ0n) is 11.8. The van der Waals surface area contributed by atoms with Gasteiger partial charge in [-0.25, -0.2) is 0 Å². The molecule has 20 heavy (non-hydrogen) atoms. The normalized spacial score (nSPS) is 33.7. The third-order valence-electron chi connectivity index (χ3n) is 4.15. The number of halogens is 2. The SMILES string of the molecule is CC1(C)OC(C)(C)C2(OC2c2cc(Br)ccc2I)C1=O. The van der Waals surface area contributed by atoms with Crippen LogP contribution in [0, 0.1) is 3.57 Å². The van der Waals surface area contributed by atoms with Crippen LogP contribution in [0.1, 0.15) is 39.4 Å². The van der Waals surface area contributed by atoms with Crippen LogP contribution in [0.5, 0.6) is 0 Å². The Kier molecular flexibility index (Phi) is 3.19. The minimum Gasteiger partial charge on any atom is -0.358 e. The van der Waals surface area contributed by atoms with Crippen molar-refractivity contribution in [2.75, 3.05) is 0 Å². The van der Waals surface area contributed by atoms with Gasteiger partial charge in [-0.3, -0.25) is 4.79 Å². The van der Waals surface area contributed by atoms with Gasteiger partial charge in [0.25, 0.3) is 0 Å².